The molecule has 124 valence electrons. The molecule has 2 aliphatic rings. The Labute approximate surface area is 143 Å². The largest absolute Gasteiger partial charge is 0.380 e. The molecule has 2 aromatic heterocycles. The van der Waals surface area contributed by atoms with Gasteiger partial charge in [-0.05, 0) is 30.5 Å². The van der Waals surface area contributed by atoms with Crippen molar-refractivity contribution in [3.8, 4) is 0 Å². The number of nitrogens with one attached hydrogen (secondary N) is 2. The molecule has 1 aliphatic carbocycles. The molecule has 0 unspecified atom stereocenters. The highest BCUT2D eigenvalue weighted by molar-refractivity contribution is 7.18. The molecule has 1 fully saturated rings. The standard InChI is InChI=1S/C16H17N5O2S/c1-17-12-7-10-13(24-12)14(23)21(9-16(10)3-4-16)8-11(22)20-15-18-5-2-6-19-15/h2,5-7,17H,3-4,8-9H2,1H3,(H,18,19,20,22). The van der Waals surface area contributed by atoms with E-state index in [9.17, 15) is 9.59 Å². The van der Waals surface area contributed by atoms with Gasteiger partial charge >= 0.3 is 0 Å². The molecule has 2 aromatic rings. The first-order valence-electron chi connectivity index (χ1n) is 7.79. The van der Waals surface area contributed by atoms with Crippen LogP contribution in [0.1, 0.15) is 28.1 Å². The Morgan fingerprint density at radius 1 is 1.38 bits per heavy atom. The van der Waals surface area contributed by atoms with E-state index < -0.39 is 0 Å². The predicted molar refractivity (Wildman–Crippen MR) is 91.3 cm³/mol. The van der Waals surface area contributed by atoms with Crippen molar-refractivity contribution >= 4 is 34.1 Å². The van der Waals surface area contributed by atoms with Gasteiger partial charge in [-0.15, -0.1) is 11.3 Å². The molecule has 1 spiro atoms. The lowest BCUT2D eigenvalue weighted by molar-refractivity contribution is -0.117. The van der Waals surface area contributed by atoms with Crippen LogP contribution in [0.3, 0.4) is 0 Å². The number of hydrogen-bond acceptors (Lipinski definition) is 6. The fourth-order valence-corrected chi connectivity index (χ4v) is 4.24. The zero-order valence-corrected chi connectivity index (χ0v) is 14.0. The smallest absolute Gasteiger partial charge is 0.264 e. The molecule has 4 rings (SSSR count). The number of carbonyl (C=O) groups excluding carboxylic acids is 2. The Morgan fingerprint density at radius 2 is 2.12 bits per heavy atom. The van der Waals surface area contributed by atoms with Gasteiger partial charge in [0.15, 0.2) is 0 Å². The second-order valence-electron chi connectivity index (χ2n) is 6.17. The quantitative estimate of drug-likeness (QED) is 0.882. The van der Waals surface area contributed by atoms with Crippen LogP contribution in [0.4, 0.5) is 10.9 Å². The van der Waals surface area contributed by atoms with Crippen molar-refractivity contribution in [3.05, 3.63) is 35.0 Å². The molecule has 0 atom stereocenters. The summed E-state index contributed by atoms with van der Waals surface area (Å²) in [7, 11) is 1.85. The highest BCUT2D eigenvalue weighted by Crippen LogP contribution is 2.54. The van der Waals surface area contributed by atoms with Crippen LogP contribution in [-0.4, -0.2) is 46.8 Å². The number of rotatable bonds is 4. The first-order valence-corrected chi connectivity index (χ1v) is 8.61. The molecule has 0 saturated heterocycles. The van der Waals surface area contributed by atoms with Crippen molar-refractivity contribution in [2.24, 2.45) is 0 Å². The summed E-state index contributed by atoms with van der Waals surface area (Å²) >= 11 is 1.46. The first-order chi connectivity index (χ1) is 11.6. The van der Waals surface area contributed by atoms with Crippen LogP contribution in [0.25, 0.3) is 0 Å². The fraction of sp³-hybridized carbons (Fsp3) is 0.375. The predicted octanol–water partition coefficient (Wildman–Crippen LogP) is 1.71. The van der Waals surface area contributed by atoms with Crippen LogP contribution >= 0.6 is 11.3 Å². The van der Waals surface area contributed by atoms with Crippen LogP contribution in [0.5, 0.6) is 0 Å². The molecule has 2 amide bonds. The summed E-state index contributed by atoms with van der Waals surface area (Å²) in [5.41, 5.74) is 1.18. The number of nitrogens with zero attached hydrogens (tertiary/aromatic N) is 3. The van der Waals surface area contributed by atoms with Gasteiger partial charge in [-0.3, -0.25) is 14.9 Å². The summed E-state index contributed by atoms with van der Waals surface area (Å²) in [6.45, 7) is 0.618. The third-order valence-electron chi connectivity index (χ3n) is 4.53. The Bertz CT molecular complexity index is 800. The van der Waals surface area contributed by atoms with Gasteiger partial charge in [0, 0.05) is 31.4 Å². The molecule has 0 aromatic carbocycles. The lowest BCUT2D eigenvalue weighted by Crippen LogP contribution is -2.46. The van der Waals surface area contributed by atoms with E-state index in [2.05, 4.69) is 26.7 Å². The summed E-state index contributed by atoms with van der Waals surface area (Å²) in [4.78, 5) is 35.3. The van der Waals surface area contributed by atoms with Gasteiger partial charge in [0.05, 0.1) is 9.88 Å². The molecule has 24 heavy (non-hydrogen) atoms. The van der Waals surface area contributed by atoms with E-state index in [1.54, 1.807) is 23.4 Å². The van der Waals surface area contributed by atoms with Crippen molar-refractivity contribution in [1.82, 2.24) is 14.9 Å². The van der Waals surface area contributed by atoms with Crippen molar-refractivity contribution < 1.29 is 9.59 Å². The molecular formula is C16H17N5O2S. The van der Waals surface area contributed by atoms with E-state index in [0.717, 1.165) is 28.3 Å². The number of anilines is 2. The van der Waals surface area contributed by atoms with Crippen LogP contribution in [0.15, 0.2) is 24.5 Å². The molecule has 0 radical (unpaired) electrons. The second-order valence-corrected chi connectivity index (χ2v) is 7.22. The third-order valence-corrected chi connectivity index (χ3v) is 5.67. The minimum Gasteiger partial charge on any atom is -0.380 e. The maximum atomic E-state index is 12.7. The maximum Gasteiger partial charge on any atom is 0.264 e. The normalized spacial score (nSPS) is 17.5. The fourth-order valence-electron chi connectivity index (χ4n) is 3.14. The lowest BCUT2D eigenvalue weighted by Gasteiger charge is -2.32. The van der Waals surface area contributed by atoms with Gasteiger partial charge < -0.3 is 10.2 Å². The topological polar surface area (TPSA) is 87.2 Å². The van der Waals surface area contributed by atoms with E-state index in [-0.39, 0.29) is 29.7 Å². The Morgan fingerprint density at radius 3 is 2.79 bits per heavy atom. The minimum absolute atomic E-state index is 0.0189. The molecule has 2 N–H and O–H groups in total. The van der Waals surface area contributed by atoms with Crippen LogP contribution in [0, 0.1) is 0 Å². The number of aromatic nitrogens is 2. The molecular weight excluding hydrogens is 326 g/mol. The highest BCUT2D eigenvalue weighted by Gasteiger charge is 2.52. The number of fused-ring (bicyclic) bond motifs is 2. The maximum absolute atomic E-state index is 12.7. The van der Waals surface area contributed by atoms with E-state index in [1.807, 2.05) is 7.05 Å². The summed E-state index contributed by atoms with van der Waals surface area (Å²) in [6, 6.07) is 3.76. The van der Waals surface area contributed by atoms with Crippen molar-refractivity contribution in [3.63, 3.8) is 0 Å². The van der Waals surface area contributed by atoms with E-state index >= 15 is 0 Å². The number of carbonyl (C=O) groups is 2. The SMILES string of the molecule is CNc1cc2c(s1)C(=O)N(CC(=O)Nc1ncccn1)CC21CC1. The monoisotopic (exact) mass is 343 g/mol. The summed E-state index contributed by atoms with van der Waals surface area (Å²) < 4.78 is 0. The van der Waals surface area contributed by atoms with Crippen molar-refractivity contribution in [1.29, 1.82) is 0 Å². The molecule has 1 aliphatic heterocycles. The van der Waals surface area contributed by atoms with Crippen molar-refractivity contribution in [2.75, 3.05) is 30.8 Å². The summed E-state index contributed by atoms with van der Waals surface area (Å²) in [5.74, 6) is -0.0975. The number of hydrogen-bond donors (Lipinski definition) is 2. The van der Waals surface area contributed by atoms with Gasteiger partial charge in [0.25, 0.3) is 5.91 Å². The van der Waals surface area contributed by atoms with Gasteiger partial charge in [-0.1, -0.05) is 0 Å². The van der Waals surface area contributed by atoms with Gasteiger partial charge in [-0.2, -0.15) is 0 Å². The van der Waals surface area contributed by atoms with Gasteiger partial charge in [0.2, 0.25) is 11.9 Å². The molecule has 3 heterocycles. The van der Waals surface area contributed by atoms with Gasteiger partial charge in [0.1, 0.15) is 6.54 Å². The third kappa shape index (κ3) is 2.52. The Hall–Kier alpha value is -2.48. The molecule has 7 nitrogen and oxygen atoms in total. The number of amides is 2. The molecule has 8 heteroatoms. The first kappa shape index (κ1) is 15.1. The zero-order chi connectivity index (χ0) is 16.7. The van der Waals surface area contributed by atoms with E-state index in [4.69, 9.17) is 0 Å². The van der Waals surface area contributed by atoms with Crippen molar-refractivity contribution in [2.45, 2.75) is 18.3 Å². The average Bonchev–Trinajstić information content (AvgIpc) is 3.20. The van der Waals surface area contributed by atoms with E-state index in [1.165, 1.54) is 11.3 Å². The molecule has 0 bridgehead atoms. The summed E-state index contributed by atoms with van der Waals surface area (Å²) in [6.07, 6.45) is 5.25. The highest BCUT2D eigenvalue weighted by atomic mass is 32.1. The summed E-state index contributed by atoms with van der Waals surface area (Å²) in [5, 5.41) is 6.73. The minimum atomic E-state index is -0.279. The van der Waals surface area contributed by atoms with Gasteiger partial charge in [-0.25, -0.2) is 9.97 Å². The number of thiophene rings is 1. The lowest BCUT2D eigenvalue weighted by atomic mass is 9.91. The average molecular weight is 343 g/mol. The molecule has 1 saturated carbocycles. The Kier molecular flexibility index (Phi) is 3.49. The van der Waals surface area contributed by atoms with Crippen LogP contribution < -0.4 is 10.6 Å². The zero-order valence-electron chi connectivity index (χ0n) is 13.2. The Balaban J connectivity index is 1.52. The van der Waals surface area contributed by atoms with E-state index in [0.29, 0.717) is 6.54 Å². The van der Waals surface area contributed by atoms with Crippen LogP contribution in [0.2, 0.25) is 0 Å². The van der Waals surface area contributed by atoms with Crippen LogP contribution in [-0.2, 0) is 10.2 Å². The second kappa shape index (κ2) is 5.55.